The highest BCUT2D eigenvalue weighted by molar-refractivity contribution is 5.97. The molecule has 3 N–H and O–H groups in total. The van der Waals surface area contributed by atoms with Gasteiger partial charge < -0.3 is 11.1 Å². The van der Waals surface area contributed by atoms with E-state index >= 15 is 0 Å². The Bertz CT molecular complexity index is 521. The van der Waals surface area contributed by atoms with E-state index in [1.165, 1.54) is 24.8 Å². The molecule has 1 saturated carbocycles. The summed E-state index contributed by atoms with van der Waals surface area (Å²) >= 11 is 0. The Morgan fingerprint density at radius 3 is 2.52 bits per heavy atom. The minimum Gasteiger partial charge on any atom is -0.355 e. The minimum atomic E-state index is -0.0889. The van der Waals surface area contributed by atoms with Crippen molar-refractivity contribution < 1.29 is 9.59 Å². The molecule has 4 nitrogen and oxygen atoms in total. The molecule has 2 rings (SSSR count). The quantitative estimate of drug-likeness (QED) is 0.652. The molecule has 1 aliphatic rings. The van der Waals surface area contributed by atoms with Crippen LogP contribution in [-0.2, 0) is 11.2 Å². The Labute approximate surface area is 138 Å². The van der Waals surface area contributed by atoms with Crippen molar-refractivity contribution >= 4 is 11.7 Å². The third-order valence-electron chi connectivity index (χ3n) is 4.44. The molecule has 23 heavy (non-hydrogen) atoms. The Kier molecular flexibility index (Phi) is 6.78. The van der Waals surface area contributed by atoms with Gasteiger partial charge in [0.15, 0.2) is 5.78 Å². The molecule has 0 radical (unpaired) electrons. The van der Waals surface area contributed by atoms with Crippen molar-refractivity contribution in [1.82, 2.24) is 5.32 Å². The van der Waals surface area contributed by atoms with E-state index < -0.39 is 0 Å². The first kappa shape index (κ1) is 17.7. The number of nitrogens with two attached hydrogens (primary N) is 1. The van der Waals surface area contributed by atoms with Gasteiger partial charge in [0.1, 0.15) is 0 Å². The highest BCUT2D eigenvalue weighted by atomic mass is 16.2. The van der Waals surface area contributed by atoms with Gasteiger partial charge in [0.25, 0.3) is 0 Å². The van der Waals surface area contributed by atoms with Crippen molar-refractivity contribution in [3.05, 3.63) is 35.4 Å². The first-order valence-corrected chi connectivity index (χ1v) is 8.74. The van der Waals surface area contributed by atoms with Gasteiger partial charge in [-0.25, -0.2) is 0 Å². The SMILES string of the molecule is CCCCc1ccc(C(=O)CCC(=O)NCC(N)C2CC2)cc1. The molecule has 1 fully saturated rings. The van der Waals surface area contributed by atoms with E-state index in [1.807, 2.05) is 24.3 Å². The number of aryl methyl sites for hydroxylation is 1. The molecule has 126 valence electrons. The maximum Gasteiger partial charge on any atom is 0.220 e. The average Bonchev–Trinajstić information content (AvgIpc) is 3.41. The Hall–Kier alpha value is -1.68. The topological polar surface area (TPSA) is 72.2 Å². The first-order valence-electron chi connectivity index (χ1n) is 8.74. The number of hydrogen-bond acceptors (Lipinski definition) is 3. The van der Waals surface area contributed by atoms with Gasteiger partial charge in [0, 0.05) is 31.0 Å². The zero-order chi connectivity index (χ0) is 16.7. The van der Waals surface area contributed by atoms with Crippen LogP contribution in [0.1, 0.15) is 61.4 Å². The van der Waals surface area contributed by atoms with E-state index in [1.54, 1.807) is 0 Å². The monoisotopic (exact) mass is 316 g/mol. The lowest BCUT2D eigenvalue weighted by Crippen LogP contribution is -2.38. The molecule has 0 saturated heterocycles. The molecule has 1 aliphatic carbocycles. The number of carbonyl (C=O) groups is 2. The molecule has 1 atom stereocenters. The molecule has 4 heteroatoms. The van der Waals surface area contributed by atoms with Crippen molar-refractivity contribution in [3.63, 3.8) is 0 Å². The third-order valence-corrected chi connectivity index (χ3v) is 4.44. The van der Waals surface area contributed by atoms with Gasteiger partial charge in [-0.3, -0.25) is 9.59 Å². The molecule has 1 amide bonds. The molecule has 1 aromatic rings. The predicted molar refractivity (Wildman–Crippen MR) is 92.3 cm³/mol. The Morgan fingerprint density at radius 1 is 1.22 bits per heavy atom. The molecular weight excluding hydrogens is 288 g/mol. The van der Waals surface area contributed by atoms with Crippen LogP contribution in [0.4, 0.5) is 0 Å². The highest BCUT2D eigenvalue weighted by Crippen LogP contribution is 2.31. The number of amides is 1. The van der Waals surface area contributed by atoms with Crippen molar-refractivity contribution in [1.29, 1.82) is 0 Å². The number of benzene rings is 1. The lowest BCUT2D eigenvalue weighted by atomic mass is 10.0. The number of nitrogens with one attached hydrogen (secondary N) is 1. The van der Waals surface area contributed by atoms with Crippen molar-refractivity contribution in [2.24, 2.45) is 11.7 Å². The zero-order valence-corrected chi connectivity index (χ0v) is 14.0. The second-order valence-corrected chi connectivity index (χ2v) is 6.53. The summed E-state index contributed by atoms with van der Waals surface area (Å²) in [5, 5.41) is 2.83. The molecule has 0 heterocycles. The van der Waals surface area contributed by atoms with Crippen LogP contribution in [0.15, 0.2) is 24.3 Å². The largest absolute Gasteiger partial charge is 0.355 e. The van der Waals surface area contributed by atoms with E-state index in [-0.39, 0.29) is 30.6 Å². The third kappa shape index (κ3) is 6.14. The summed E-state index contributed by atoms with van der Waals surface area (Å²) < 4.78 is 0. The lowest BCUT2D eigenvalue weighted by molar-refractivity contribution is -0.121. The van der Waals surface area contributed by atoms with Crippen LogP contribution in [0, 0.1) is 5.92 Å². The number of carbonyl (C=O) groups excluding carboxylic acids is 2. The summed E-state index contributed by atoms with van der Waals surface area (Å²) in [7, 11) is 0. The molecule has 0 aromatic heterocycles. The second kappa shape index (κ2) is 8.82. The molecule has 1 unspecified atom stereocenters. The fourth-order valence-corrected chi connectivity index (χ4v) is 2.62. The van der Waals surface area contributed by atoms with Gasteiger partial charge in [-0.2, -0.15) is 0 Å². The van der Waals surface area contributed by atoms with Crippen LogP contribution in [-0.4, -0.2) is 24.3 Å². The van der Waals surface area contributed by atoms with Gasteiger partial charge in [-0.15, -0.1) is 0 Å². The van der Waals surface area contributed by atoms with E-state index in [0.29, 0.717) is 18.0 Å². The van der Waals surface area contributed by atoms with Gasteiger partial charge in [0.05, 0.1) is 0 Å². The molecular formula is C19H28N2O2. The predicted octanol–water partition coefficient (Wildman–Crippen LogP) is 2.85. The summed E-state index contributed by atoms with van der Waals surface area (Å²) in [4.78, 5) is 23.9. The lowest BCUT2D eigenvalue weighted by Gasteiger charge is -2.11. The summed E-state index contributed by atoms with van der Waals surface area (Å²) in [6, 6.07) is 7.82. The Balaban J connectivity index is 1.69. The van der Waals surface area contributed by atoms with E-state index in [2.05, 4.69) is 12.2 Å². The Morgan fingerprint density at radius 2 is 1.91 bits per heavy atom. The fraction of sp³-hybridized carbons (Fsp3) is 0.579. The maximum atomic E-state index is 12.1. The fourth-order valence-electron chi connectivity index (χ4n) is 2.62. The summed E-state index contributed by atoms with van der Waals surface area (Å²) in [5.41, 5.74) is 7.89. The van der Waals surface area contributed by atoms with E-state index in [0.717, 1.165) is 12.8 Å². The summed E-state index contributed by atoms with van der Waals surface area (Å²) in [6.45, 7) is 2.68. The second-order valence-electron chi connectivity index (χ2n) is 6.53. The minimum absolute atomic E-state index is 0.0219. The molecule has 0 bridgehead atoms. The number of hydrogen-bond donors (Lipinski definition) is 2. The van der Waals surface area contributed by atoms with Crippen molar-refractivity contribution in [3.8, 4) is 0 Å². The smallest absolute Gasteiger partial charge is 0.220 e. The van der Waals surface area contributed by atoms with Crippen molar-refractivity contribution in [2.45, 2.75) is 57.9 Å². The van der Waals surface area contributed by atoms with Gasteiger partial charge >= 0.3 is 0 Å². The molecule has 0 spiro atoms. The van der Waals surface area contributed by atoms with Crippen LogP contribution in [0.3, 0.4) is 0 Å². The molecule has 0 aliphatic heterocycles. The number of Topliss-reactive ketones (excluding diaryl/α,β-unsaturated/α-hetero) is 1. The van der Waals surface area contributed by atoms with Crippen LogP contribution in [0.2, 0.25) is 0 Å². The van der Waals surface area contributed by atoms with Crippen LogP contribution in [0.5, 0.6) is 0 Å². The van der Waals surface area contributed by atoms with E-state index in [4.69, 9.17) is 5.73 Å². The van der Waals surface area contributed by atoms with Crippen LogP contribution in [0.25, 0.3) is 0 Å². The number of ketones is 1. The first-order chi connectivity index (χ1) is 11.1. The molecule has 1 aromatic carbocycles. The standard InChI is InChI=1S/C19H28N2O2/c1-2-3-4-14-5-7-16(8-6-14)18(22)11-12-19(23)21-13-17(20)15-9-10-15/h5-8,15,17H,2-4,9-13,20H2,1H3,(H,21,23). The summed E-state index contributed by atoms with van der Waals surface area (Å²) in [5.74, 6) is 0.505. The van der Waals surface area contributed by atoms with Gasteiger partial charge in [0.2, 0.25) is 5.91 Å². The average molecular weight is 316 g/mol. The summed E-state index contributed by atoms with van der Waals surface area (Å²) in [6.07, 6.45) is 6.20. The van der Waals surface area contributed by atoms with Crippen LogP contribution < -0.4 is 11.1 Å². The number of rotatable bonds is 10. The maximum absolute atomic E-state index is 12.1. The van der Waals surface area contributed by atoms with E-state index in [9.17, 15) is 9.59 Å². The highest BCUT2D eigenvalue weighted by Gasteiger charge is 2.28. The van der Waals surface area contributed by atoms with Crippen molar-refractivity contribution in [2.75, 3.05) is 6.54 Å². The number of unbranched alkanes of at least 4 members (excludes halogenated alkanes) is 1. The van der Waals surface area contributed by atoms with Crippen LogP contribution >= 0.6 is 0 Å². The van der Waals surface area contributed by atoms with Gasteiger partial charge in [-0.1, -0.05) is 37.6 Å². The van der Waals surface area contributed by atoms with Gasteiger partial charge in [-0.05, 0) is 37.2 Å². The zero-order valence-electron chi connectivity index (χ0n) is 14.0. The normalized spacial score (nSPS) is 15.2.